The number of halogens is 1. The Morgan fingerprint density at radius 2 is 1.86 bits per heavy atom. The van der Waals surface area contributed by atoms with Crippen LogP contribution in [0.25, 0.3) is 26.1 Å². The van der Waals surface area contributed by atoms with E-state index in [1.54, 1.807) is 29.2 Å². The summed E-state index contributed by atoms with van der Waals surface area (Å²) >= 11 is 7.37. The summed E-state index contributed by atoms with van der Waals surface area (Å²) in [6.07, 6.45) is 9.61. The van der Waals surface area contributed by atoms with Gasteiger partial charge >= 0.3 is 0 Å². The van der Waals surface area contributed by atoms with E-state index < -0.39 is 0 Å². The molecule has 28 heavy (non-hydrogen) atoms. The van der Waals surface area contributed by atoms with Gasteiger partial charge in [-0.2, -0.15) is 0 Å². The van der Waals surface area contributed by atoms with E-state index in [4.69, 9.17) is 11.6 Å². The zero-order valence-corrected chi connectivity index (χ0v) is 16.8. The summed E-state index contributed by atoms with van der Waals surface area (Å²) in [6.45, 7) is 0. The van der Waals surface area contributed by atoms with Crippen LogP contribution in [-0.4, -0.2) is 20.6 Å². The van der Waals surface area contributed by atoms with E-state index in [0.717, 1.165) is 27.1 Å². The summed E-state index contributed by atoms with van der Waals surface area (Å²) in [5.74, 6) is 0. The summed E-state index contributed by atoms with van der Waals surface area (Å²) in [5.41, 5.74) is 2.41. The molecule has 3 heterocycles. The lowest BCUT2D eigenvalue weighted by molar-refractivity contribution is 0.463. The molecule has 1 aliphatic rings. The minimum atomic E-state index is -0.0843. The number of fused-ring (bicyclic) bond motifs is 3. The summed E-state index contributed by atoms with van der Waals surface area (Å²) < 4.78 is 2.18. The predicted octanol–water partition coefficient (Wildman–Crippen LogP) is 5.39. The van der Waals surface area contributed by atoms with Gasteiger partial charge in [0.1, 0.15) is 15.9 Å². The quantitative estimate of drug-likeness (QED) is 0.491. The zero-order chi connectivity index (χ0) is 19.1. The Morgan fingerprint density at radius 3 is 2.64 bits per heavy atom. The van der Waals surface area contributed by atoms with Gasteiger partial charge in [0.25, 0.3) is 5.56 Å². The Bertz CT molecular complexity index is 1210. The Labute approximate surface area is 171 Å². The molecule has 0 aliphatic heterocycles. The predicted molar refractivity (Wildman–Crippen MR) is 116 cm³/mol. The molecular formula is C21H19ClN4OS. The molecule has 0 spiro atoms. The third-order valence-electron chi connectivity index (χ3n) is 5.35. The minimum Gasteiger partial charge on any atom is -0.382 e. The number of nitrogens with one attached hydrogen (secondary N) is 1. The SMILES string of the molecule is O=c1c2sc3nccc(NC4CCCCC4)c3c2ncn1-c1ccc(Cl)cc1. The Hall–Kier alpha value is -2.44. The van der Waals surface area contributed by atoms with Gasteiger partial charge in [-0.05, 0) is 43.2 Å². The molecule has 1 N–H and O–H groups in total. The van der Waals surface area contributed by atoms with Crippen LogP contribution in [-0.2, 0) is 0 Å². The van der Waals surface area contributed by atoms with Crippen molar-refractivity contribution in [1.82, 2.24) is 14.5 Å². The number of hydrogen-bond donors (Lipinski definition) is 1. The van der Waals surface area contributed by atoms with Crippen LogP contribution in [0.5, 0.6) is 0 Å². The molecule has 0 saturated heterocycles. The van der Waals surface area contributed by atoms with Crippen LogP contribution in [0.1, 0.15) is 32.1 Å². The molecule has 0 bridgehead atoms. The molecule has 5 nitrogen and oxygen atoms in total. The van der Waals surface area contributed by atoms with Crippen molar-refractivity contribution in [3.63, 3.8) is 0 Å². The van der Waals surface area contributed by atoms with Crippen molar-refractivity contribution in [3.8, 4) is 5.69 Å². The van der Waals surface area contributed by atoms with E-state index in [1.807, 2.05) is 18.2 Å². The van der Waals surface area contributed by atoms with Crippen molar-refractivity contribution < 1.29 is 0 Å². The van der Waals surface area contributed by atoms with Crippen LogP contribution >= 0.6 is 22.9 Å². The van der Waals surface area contributed by atoms with Crippen molar-refractivity contribution in [2.24, 2.45) is 0 Å². The standard InChI is InChI=1S/C21H19ClN4OS/c22-13-6-8-15(9-7-13)26-12-24-18-17-16(25-14-4-2-1-3-5-14)10-11-23-20(17)28-19(18)21(26)27/h6-12,14H,1-5H2,(H,23,25). The lowest BCUT2D eigenvalue weighted by Gasteiger charge is -2.24. The van der Waals surface area contributed by atoms with Crippen LogP contribution in [0.3, 0.4) is 0 Å². The van der Waals surface area contributed by atoms with Gasteiger partial charge < -0.3 is 5.32 Å². The number of benzene rings is 1. The fourth-order valence-corrected chi connectivity index (χ4v) is 5.10. The third-order valence-corrected chi connectivity index (χ3v) is 6.68. The molecule has 3 aromatic heterocycles. The Kier molecular flexibility index (Phi) is 4.53. The number of thiophene rings is 1. The normalized spacial score (nSPS) is 15.3. The van der Waals surface area contributed by atoms with Crippen LogP contribution < -0.4 is 10.9 Å². The lowest BCUT2D eigenvalue weighted by atomic mass is 9.95. The maximum Gasteiger partial charge on any atom is 0.275 e. The number of pyridine rings is 1. The van der Waals surface area contributed by atoms with Crippen molar-refractivity contribution in [1.29, 1.82) is 0 Å². The maximum absolute atomic E-state index is 13.1. The van der Waals surface area contributed by atoms with Gasteiger partial charge in [0.2, 0.25) is 0 Å². The molecule has 1 saturated carbocycles. The van der Waals surface area contributed by atoms with Crippen LogP contribution in [0.4, 0.5) is 5.69 Å². The highest BCUT2D eigenvalue weighted by Crippen LogP contribution is 2.35. The van der Waals surface area contributed by atoms with Crippen molar-refractivity contribution >= 4 is 49.1 Å². The van der Waals surface area contributed by atoms with E-state index in [0.29, 0.717) is 15.8 Å². The number of anilines is 1. The number of hydrogen-bond acceptors (Lipinski definition) is 5. The van der Waals surface area contributed by atoms with E-state index >= 15 is 0 Å². The molecule has 0 radical (unpaired) electrons. The van der Waals surface area contributed by atoms with Crippen molar-refractivity contribution in [2.75, 3.05) is 5.32 Å². The monoisotopic (exact) mass is 410 g/mol. The Balaban J connectivity index is 1.64. The summed E-state index contributed by atoms with van der Waals surface area (Å²) in [7, 11) is 0. The highest BCUT2D eigenvalue weighted by molar-refractivity contribution is 7.25. The second-order valence-electron chi connectivity index (χ2n) is 7.19. The number of nitrogens with zero attached hydrogens (tertiary/aromatic N) is 3. The summed E-state index contributed by atoms with van der Waals surface area (Å²) in [6, 6.07) is 9.65. The Morgan fingerprint density at radius 1 is 1.07 bits per heavy atom. The molecule has 5 rings (SSSR count). The van der Waals surface area contributed by atoms with Gasteiger partial charge in [0, 0.05) is 22.9 Å². The average molecular weight is 411 g/mol. The summed E-state index contributed by atoms with van der Waals surface area (Å²) in [5, 5.41) is 5.26. The largest absolute Gasteiger partial charge is 0.382 e. The molecule has 0 unspecified atom stereocenters. The summed E-state index contributed by atoms with van der Waals surface area (Å²) in [4.78, 5) is 23.1. The number of aromatic nitrogens is 3. The minimum absolute atomic E-state index is 0.0843. The van der Waals surface area contributed by atoms with Gasteiger partial charge in [-0.25, -0.2) is 9.97 Å². The van der Waals surface area contributed by atoms with E-state index in [1.165, 1.54) is 43.4 Å². The smallest absolute Gasteiger partial charge is 0.275 e. The van der Waals surface area contributed by atoms with Crippen LogP contribution in [0.2, 0.25) is 5.02 Å². The molecule has 0 amide bonds. The number of rotatable bonds is 3. The van der Waals surface area contributed by atoms with Crippen LogP contribution in [0.15, 0.2) is 47.7 Å². The van der Waals surface area contributed by atoms with Gasteiger partial charge in [-0.1, -0.05) is 30.9 Å². The van der Waals surface area contributed by atoms with E-state index in [2.05, 4.69) is 15.3 Å². The second-order valence-corrected chi connectivity index (χ2v) is 8.63. The topological polar surface area (TPSA) is 59.8 Å². The lowest BCUT2D eigenvalue weighted by Crippen LogP contribution is -2.22. The molecule has 1 aromatic carbocycles. The van der Waals surface area contributed by atoms with E-state index in [-0.39, 0.29) is 5.56 Å². The first kappa shape index (κ1) is 17.6. The van der Waals surface area contributed by atoms with Crippen molar-refractivity contribution in [2.45, 2.75) is 38.1 Å². The highest BCUT2D eigenvalue weighted by atomic mass is 35.5. The van der Waals surface area contributed by atoms with Gasteiger partial charge in [-0.15, -0.1) is 11.3 Å². The molecule has 0 atom stereocenters. The average Bonchev–Trinajstić information content (AvgIpc) is 3.11. The van der Waals surface area contributed by atoms with Gasteiger partial charge in [0.05, 0.1) is 16.6 Å². The first-order valence-corrected chi connectivity index (χ1v) is 10.7. The molecule has 1 fully saturated rings. The first-order valence-electron chi connectivity index (χ1n) is 9.52. The van der Waals surface area contributed by atoms with Gasteiger partial charge in [-0.3, -0.25) is 9.36 Å². The molecule has 4 aromatic rings. The first-order chi connectivity index (χ1) is 13.7. The fraction of sp³-hybridized carbons (Fsp3) is 0.286. The fourth-order valence-electron chi connectivity index (χ4n) is 3.93. The zero-order valence-electron chi connectivity index (χ0n) is 15.2. The van der Waals surface area contributed by atoms with Crippen LogP contribution in [0, 0.1) is 0 Å². The highest BCUT2D eigenvalue weighted by Gasteiger charge is 2.19. The molecule has 7 heteroatoms. The second kappa shape index (κ2) is 7.18. The molecular weight excluding hydrogens is 392 g/mol. The van der Waals surface area contributed by atoms with E-state index in [9.17, 15) is 4.79 Å². The maximum atomic E-state index is 13.1. The van der Waals surface area contributed by atoms with Crippen molar-refractivity contribution in [3.05, 3.63) is 58.2 Å². The molecule has 142 valence electrons. The third kappa shape index (κ3) is 3.06. The van der Waals surface area contributed by atoms with Gasteiger partial charge in [0.15, 0.2) is 0 Å². The molecule has 1 aliphatic carbocycles.